The van der Waals surface area contributed by atoms with Gasteiger partial charge >= 0.3 is 0 Å². The largest absolute Gasteiger partial charge is 0.497 e. The number of rotatable bonds is 9. The number of hydrogen-bond donors (Lipinski definition) is 0. The molecule has 0 aliphatic heterocycles. The van der Waals surface area contributed by atoms with Gasteiger partial charge in [0.25, 0.3) is 0 Å². The molecule has 0 bridgehead atoms. The fourth-order valence-electron chi connectivity index (χ4n) is 4.64. The van der Waals surface area contributed by atoms with Crippen molar-refractivity contribution < 1.29 is 14.2 Å². The second kappa shape index (κ2) is 10.2. The highest BCUT2D eigenvalue weighted by molar-refractivity contribution is 5.74. The van der Waals surface area contributed by atoms with Gasteiger partial charge < -0.3 is 18.8 Å². The molecule has 0 spiro atoms. The summed E-state index contributed by atoms with van der Waals surface area (Å²) in [6.45, 7) is 4.91. The first kappa shape index (κ1) is 23.6. The lowest BCUT2D eigenvalue weighted by molar-refractivity contribution is -0.00421. The number of hydrogen-bond acceptors (Lipinski definition) is 5. The molecule has 5 rings (SSSR count). The summed E-state index contributed by atoms with van der Waals surface area (Å²) in [6, 6.07) is 28.2. The van der Waals surface area contributed by atoms with Gasteiger partial charge in [-0.15, -0.1) is 0 Å². The molecule has 6 heteroatoms. The Hall–Kier alpha value is -4.16. The van der Waals surface area contributed by atoms with Crippen LogP contribution in [-0.2, 0) is 23.5 Å². The maximum atomic E-state index is 6.98. The van der Waals surface area contributed by atoms with Crippen molar-refractivity contribution in [2.24, 2.45) is 0 Å². The van der Waals surface area contributed by atoms with E-state index in [1.807, 2.05) is 72.8 Å². The third-order valence-corrected chi connectivity index (χ3v) is 6.44. The molecule has 0 atom stereocenters. The minimum atomic E-state index is -0.914. The number of methoxy groups -OCH3 is 2. The van der Waals surface area contributed by atoms with E-state index in [9.17, 15) is 0 Å². The number of fused-ring (bicyclic) bond motifs is 1. The van der Waals surface area contributed by atoms with Crippen LogP contribution in [0.4, 0.5) is 0 Å². The second-order valence-electron chi connectivity index (χ2n) is 8.34. The molecule has 0 saturated carbocycles. The van der Waals surface area contributed by atoms with Crippen LogP contribution in [0.5, 0.6) is 11.5 Å². The van der Waals surface area contributed by atoms with Crippen LogP contribution in [0.15, 0.2) is 97.3 Å². The van der Waals surface area contributed by atoms with E-state index >= 15 is 0 Å². The minimum Gasteiger partial charge on any atom is -0.497 e. The number of aromatic nitrogens is 3. The van der Waals surface area contributed by atoms with Crippen molar-refractivity contribution in [3.8, 4) is 11.5 Å². The number of imidazole rings is 1. The molecule has 0 N–H and O–H groups in total. The monoisotopic (exact) mass is 478 g/mol. The molecule has 181 valence electrons. The van der Waals surface area contributed by atoms with Crippen LogP contribution < -0.4 is 9.47 Å². The molecule has 3 aromatic carbocycles. The van der Waals surface area contributed by atoms with Crippen molar-refractivity contribution in [2.45, 2.75) is 18.8 Å². The molecular weight excluding hydrogens is 450 g/mol. The van der Waals surface area contributed by atoms with Gasteiger partial charge in [0.2, 0.25) is 0 Å². The van der Waals surface area contributed by atoms with E-state index in [1.54, 1.807) is 26.6 Å². The molecule has 0 fully saturated rings. The third kappa shape index (κ3) is 4.20. The Morgan fingerprint density at radius 2 is 1.36 bits per heavy atom. The van der Waals surface area contributed by atoms with Crippen LogP contribution >= 0.6 is 0 Å². The Labute approximate surface area is 211 Å². The Kier molecular flexibility index (Phi) is 6.69. The molecule has 36 heavy (non-hydrogen) atoms. The highest BCUT2D eigenvalue weighted by Gasteiger charge is 2.38. The molecule has 5 aromatic rings. The fourth-order valence-corrected chi connectivity index (χ4v) is 4.64. The van der Waals surface area contributed by atoms with Crippen LogP contribution in [0.1, 0.15) is 22.5 Å². The topological polar surface area (TPSA) is 58.4 Å². The number of ether oxygens (including phenoxy) is 3. The van der Waals surface area contributed by atoms with Crippen LogP contribution in [0.3, 0.4) is 0 Å². The standard InChI is InChI=1S/C30H28N3O3/c1-4-33-28-18-19-31-20-27(28)32-29(33)21-36-30(22-8-6-5-7-9-22,23-10-14-25(34-2)15-11-23)24-12-16-26(35-3)17-13-24/h5-20H,1,4,21H2,2-3H3. The van der Waals surface area contributed by atoms with Gasteiger partial charge in [-0.05, 0) is 53.9 Å². The Morgan fingerprint density at radius 1 is 0.778 bits per heavy atom. The summed E-state index contributed by atoms with van der Waals surface area (Å²) in [6.07, 6.45) is 3.53. The molecule has 2 heterocycles. The van der Waals surface area contributed by atoms with E-state index in [2.05, 4.69) is 28.6 Å². The first-order valence-electron chi connectivity index (χ1n) is 11.8. The average Bonchev–Trinajstić information content (AvgIpc) is 3.32. The van der Waals surface area contributed by atoms with Gasteiger partial charge in [0, 0.05) is 12.7 Å². The second-order valence-corrected chi connectivity index (χ2v) is 8.34. The highest BCUT2D eigenvalue weighted by Crippen LogP contribution is 2.42. The van der Waals surface area contributed by atoms with Gasteiger partial charge in [0.05, 0.1) is 25.9 Å². The van der Waals surface area contributed by atoms with E-state index in [0.717, 1.165) is 45.0 Å². The maximum absolute atomic E-state index is 6.98. The predicted molar refractivity (Wildman–Crippen MR) is 140 cm³/mol. The van der Waals surface area contributed by atoms with Crippen molar-refractivity contribution in [1.82, 2.24) is 14.5 Å². The number of nitrogens with zero attached hydrogens (tertiary/aromatic N) is 3. The summed E-state index contributed by atoms with van der Waals surface area (Å²) >= 11 is 0. The molecule has 1 radical (unpaired) electrons. The van der Waals surface area contributed by atoms with Gasteiger partial charge in [0.15, 0.2) is 0 Å². The summed E-state index contributed by atoms with van der Waals surface area (Å²) < 4.78 is 19.9. The zero-order chi connectivity index (χ0) is 25.0. The van der Waals surface area contributed by atoms with Gasteiger partial charge in [0.1, 0.15) is 35.0 Å². The summed E-state index contributed by atoms with van der Waals surface area (Å²) in [5.41, 5.74) is 3.83. The number of benzene rings is 3. The predicted octanol–water partition coefficient (Wildman–Crippen LogP) is 5.79. The lowest BCUT2D eigenvalue weighted by Crippen LogP contribution is -2.33. The molecule has 0 amide bonds. The summed E-state index contributed by atoms with van der Waals surface area (Å²) in [4.78, 5) is 9.04. The molecular formula is C30H28N3O3. The van der Waals surface area contributed by atoms with Crippen molar-refractivity contribution in [3.05, 3.63) is 127 Å². The first-order valence-corrected chi connectivity index (χ1v) is 11.8. The quantitative estimate of drug-likeness (QED) is 0.251. The van der Waals surface area contributed by atoms with E-state index in [0.29, 0.717) is 6.54 Å². The first-order chi connectivity index (χ1) is 17.7. The lowest BCUT2D eigenvalue weighted by atomic mass is 9.80. The van der Waals surface area contributed by atoms with Crippen molar-refractivity contribution in [3.63, 3.8) is 0 Å². The van der Waals surface area contributed by atoms with Crippen LogP contribution in [0, 0.1) is 6.92 Å². The zero-order valence-electron chi connectivity index (χ0n) is 20.4. The smallest absolute Gasteiger partial charge is 0.144 e. The summed E-state index contributed by atoms with van der Waals surface area (Å²) in [5.74, 6) is 2.35. The van der Waals surface area contributed by atoms with E-state index < -0.39 is 5.60 Å². The summed E-state index contributed by atoms with van der Waals surface area (Å²) in [7, 11) is 3.33. The molecule has 0 saturated heterocycles. The van der Waals surface area contributed by atoms with Gasteiger partial charge in [-0.25, -0.2) is 4.98 Å². The minimum absolute atomic E-state index is 0.261. The molecule has 0 aliphatic rings. The van der Waals surface area contributed by atoms with Crippen molar-refractivity contribution >= 4 is 11.0 Å². The van der Waals surface area contributed by atoms with Gasteiger partial charge in [-0.1, -0.05) is 54.6 Å². The number of pyridine rings is 1. The van der Waals surface area contributed by atoms with E-state index in [-0.39, 0.29) is 6.61 Å². The maximum Gasteiger partial charge on any atom is 0.144 e. The Bertz CT molecular complexity index is 1380. The normalized spacial score (nSPS) is 11.5. The molecule has 6 nitrogen and oxygen atoms in total. The average molecular weight is 479 g/mol. The zero-order valence-corrected chi connectivity index (χ0v) is 20.4. The molecule has 2 aromatic heterocycles. The SMILES string of the molecule is [CH2]Cn1c(COC(c2ccccc2)(c2ccc(OC)cc2)c2ccc(OC)cc2)nc2cnccc21. The lowest BCUT2D eigenvalue weighted by Gasteiger charge is -2.36. The van der Waals surface area contributed by atoms with E-state index in [4.69, 9.17) is 19.2 Å². The van der Waals surface area contributed by atoms with Crippen LogP contribution in [-0.4, -0.2) is 28.8 Å². The fraction of sp³-hybridized carbons (Fsp3) is 0.167. The van der Waals surface area contributed by atoms with Crippen molar-refractivity contribution in [1.29, 1.82) is 0 Å². The molecule has 0 unspecified atom stereocenters. The summed E-state index contributed by atoms with van der Waals surface area (Å²) in [5, 5.41) is 0. The van der Waals surface area contributed by atoms with Crippen LogP contribution in [0.25, 0.3) is 11.0 Å². The van der Waals surface area contributed by atoms with Crippen LogP contribution in [0.2, 0.25) is 0 Å². The third-order valence-electron chi connectivity index (χ3n) is 6.44. The Balaban J connectivity index is 1.68. The Morgan fingerprint density at radius 3 is 1.92 bits per heavy atom. The van der Waals surface area contributed by atoms with Crippen molar-refractivity contribution in [2.75, 3.05) is 14.2 Å². The van der Waals surface area contributed by atoms with Gasteiger partial charge in [-0.3, -0.25) is 4.98 Å². The van der Waals surface area contributed by atoms with E-state index in [1.165, 1.54) is 0 Å². The highest BCUT2D eigenvalue weighted by atomic mass is 16.5. The molecule has 0 aliphatic carbocycles. The van der Waals surface area contributed by atoms with Gasteiger partial charge in [-0.2, -0.15) is 0 Å².